The molecule has 1 aliphatic rings. The fourth-order valence-corrected chi connectivity index (χ4v) is 4.55. The van der Waals surface area contributed by atoms with Gasteiger partial charge in [0, 0.05) is 35.0 Å². The summed E-state index contributed by atoms with van der Waals surface area (Å²) in [4.78, 5) is 13.8. The molecule has 26 heavy (non-hydrogen) atoms. The average molecular weight is 465 g/mol. The van der Waals surface area contributed by atoms with Crippen LogP contribution in [0.2, 0.25) is 10.0 Å². The third-order valence-electron chi connectivity index (χ3n) is 4.43. The molecule has 0 radical (unpaired) electrons. The topological polar surface area (TPSA) is 40.5 Å². The molecular formula is C18H14BrCl2F2NO2. The molecule has 1 saturated heterocycles. The number of hydrogen-bond acceptors (Lipinski definition) is 2. The summed E-state index contributed by atoms with van der Waals surface area (Å²) in [5.74, 6) is -2.16. The van der Waals surface area contributed by atoms with Crippen LogP contribution in [0, 0.1) is 17.6 Å². The first-order chi connectivity index (χ1) is 12.3. The smallest absolute Gasteiger partial charge is 0.227 e. The lowest BCUT2D eigenvalue weighted by atomic mass is 9.87. The maximum absolute atomic E-state index is 14.0. The van der Waals surface area contributed by atoms with Crippen molar-refractivity contribution in [2.75, 3.05) is 11.4 Å². The van der Waals surface area contributed by atoms with E-state index in [9.17, 15) is 18.7 Å². The van der Waals surface area contributed by atoms with Crippen molar-refractivity contribution >= 4 is 50.7 Å². The Morgan fingerprint density at radius 2 is 1.85 bits per heavy atom. The molecule has 1 amide bonds. The molecule has 8 heteroatoms. The van der Waals surface area contributed by atoms with Gasteiger partial charge in [0.05, 0.1) is 21.8 Å². The number of carbonyl (C=O) groups excluding carboxylic acids is 1. The van der Waals surface area contributed by atoms with E-state index in [1.54, 1.807) is 12.1 Å². The van der Waals surface area contributed by atoms with E-state index in [0.29, 0.717) is 26.6 Å². The lowest BCUT2D eigenvalue weighted by Crippen LogP contribution is -2.42. The van der Waals surface area contributed by atoms with Gasteiger partial charge in [-0.3, -0.25) is 4.79 Å². The molecule has 1 aliphatic heterocycles. The average Bonchev–Trinajstić information content (AvgIpc) is 2.55. The number of carbonyl (C=O) groups is 1. The van der Waals surface area contributed by atoms with Crippen molar-refractivity contribution in [3.05, 3.63) is 62.0 Å². The number of rotatable bonds is 3. The number of anilines is 1. The molecule has 138 valence electrons. The zero-order chi connectivity index (χ0) is 19.0. The van der Waals surface area contributed by atoms with Gasteiger partial charge in [-0.05, 0) is 24.6 Å². The van der Waals surface area contributed by atoms with Crippen LogP contribution in [-0.4, -0.2) is 17.6 Å². The van der Waals surface area contributed by atoms with Gasteiger partial charge in [0.1, 0.15) is 11.6 Å². The standard InChI is InChI=1S/C18H14BrCl2F2NO2/c19-10-5-13(20)17(14(21)6-10)24-8-9(1-4-16(24)25)18(26)12-3-2-11(22)7-15(12)23/h2-3,5-7,9,18,26H,1,4,8H2. The van der Waals surface area contributed by atoms with E-state index in [0.717, 1.165) is 12.1 Å². The second kappa shape index (κ2) is 7.80. The van der Waals surface area contributed by atoms with E-state index in [1.165, 1.54) is 11.0 Å². The molecule has 2 aromatic carbocycles. The minimum Gasteiger partial charge on any atom is -0.388 e. The number of aliphatic hydroxyl groups is 1. The van der Waals surface area contributed by atoms with Crippen molar-refractivity contribution in [1.29, 1.82) is 0 Å². The normalized spacial score (nSPS) is 18.9. The first-order valence-corrected chi connectivity index (χ1v) is 9.40. The van der Waals surface area contributed by atoms with Crippen LogP contribution in [0.15, 0.2) is 34.8 Å². The van der Waals surface area contributed by atoms with Crippen LogP contribution < -0.4 is 4.90 Å². The zero-order valence-electron chi connectivity index (χ0n) is 13.4. The fourth-order valence-electron chi connectivity index (χ4n) is 3.13. The Labute approximate surface area is 167 Å². The van der Waals surface area contributed by atoms with Crippen LogP contribution in [0.25, 0.3) is 0 Å². The minimum atomic E-state index is -1.18. The van der Waals surface area contributed by atoms with Crippen LogP contribution in [0.4, 0.5) is 14.5 Å². The second-order valence-electron chi connectivity index (χ2n) is 6.13. The lowest BCUT2D eigenvalue weighted by Gasteiger charge is -2.36. The number of amides is 1. The largest absolute Gasteiger partial charge is 0.388 e. The first kappa shape index (κ1) is 19.5. The van der Waals surface area contributed by atoms with E-state index >= 15 is 0 Å². The van der Waals surface area contributed by atoms with Gasteiger partial charge in [-0.15, -0.1) is 0 Å². The molecule has 3 nitrogen and oxygen atoms in total. The van der Waals surface area contributed by atoms with E-state index in [4.69, 9.17) is 23.2 Å². The lowest BCUT2D eigenvalue weighted by molar-refractivity contribution is -0.120. The Hall–Kier alpha value is -1.21. The summed E-state index contributed by atoms with van der Waals surface area (Å²) >= 11 is 15.8. The van der Waals surface area contributed by atoms with E-state index in [1.807, 2.05) is 0 Å². The summed E-state index contributed by atoms with van der Waals surface area (Å²) in [6, 6.07) is 6.28. The summed E-state index contributed by atoms with van der Waals surface area (Å²) in [5, 5.41) is 11.2. The van der Waals surface area contributed by atoms with Gasteiger partial charge in [0.25, 0.3) is 0 Å². The zero-order valence-corrected chi connectivity index (χ0v) is 16.5. The van der Waals surface area contributed by atoms with Gasteiger partial charge in [-0.1, -0.05) is 45.2 Å². The third-order valence-corrected chi connectivity index (χ3v) is 5.46. The fraction of sp³-hybridized carbons (Fsp3) is 0.278. The third kappa shape index (κ3) is 3.88. The Kier molecular flexibility index (Phi) is 5.87. The van der Waals surface area contributed by atoms with Crippen molar-refractivity contribution in [2.24, 2.45) is 5.92 Å². The molecule has 0 aliphatic carbocycles. The minimum absolute atomic E-state index is 0.00120. The molecule has 1 N–H and O–H groups in total. The van der Waals surface area contributed by atoms with Crippen molar-refractivity contribution in [3.63, 3.8) is 0 Å². The Bertz CT molecular complexity index is 842. The van der Waals surface area contributed by atoms with Crippen molar-refractivity contribution in [3.8, 4) is 0 Å². The second-order valence-corrected chi connectivity index (χ2v) is 7.86. The van der Waals surface area contributed by atoms with Crippen LogP contribution in [0.1, 0.15) is 24.5 Å². The molecule has 0 aromatic heterocycles. The highest BCUT2D eigenvalue weighted by Crippen LogP contribution is 2.41. The van der Waals surface area contributed by atoms with Crippen molar-refractivity contribution < 1.29 is 18.7 Å². The SMILES string of the molecule is O=C1CCC(C(O)c2ccc(F)cc2F)CN1c1c(Cl)cc(Br)cc1Cl. The summed E-state index contributed by atoms with van der Waals surface area (Å²) in [7, 11) is 0. The molecule has 2 aromatic rings. The van der Waals surface area contributed by atoms with Gasteiger partial charge >= 0.3 is 0 Å². The van der Waals surface area contributed by atoms with Gasteiger partial charge in [-0.25, -0.2) is 8.78 Å². The van der Waals surface area contributed by atoms with Crippen molar-refractivity contribution in [1.82, 2.24) is 0 Å². The van der Waals surface area contributed by atoms with Crippen LogP contribution >= 0.6 is 39.1 Å². The number of hydrogen-bond donors (Lipinski definition) is 1. The number of nitrogens with zero attached hydrogens (tertiary/aromatic N) is 1. The highest BCUT2D eigenvalue weighted by molar-refractivity contribution is 9.10. The molecule has 1 heterocycles. The monoisotopic (exact) mass is 463 g/mol. The van der Waals surface area contributed by atoms with Gasteiger partial charge in [0.2, 0.25) is 5.91 Å². The molecule has 3 rings (SSSR count). The molecule has 2 unspecified atom stereocenters. The summed E-state index contributed by atoms with van der Waals surface area (Å²) in [5.41, 5.74) is 0.358. The van der Waals surface area contributed by atoms with Crippen LogP contribution in [0.3, 0.4) is 0 Å². The number of benzene rings is 2. The maximum Gasteiger partial charge on any atom is 0.227 e. The van der Waals surface area contributed by atoms with Gasteiger partial charge in [-0.2, -0.15) is 0 Å². The van der Waals surface area contributed by atoms with Crippen LogP contribution in [-0.2, 0) is 4.79 Å². The predicted octanol–water partition coefficient (Wildman–Crippen LogP) is 5.51. The maximum atomic E-state index is 14.0. The van der Waals surface area contributed by atoms with E-state index in [-0.39, 0.29) is 24.4 Å². The molecule has 0 spiro atoms. The molecular weight excluding hydrogens is 451 g/mol. The molecule has 1 fully saturated rings. The molecule has 0 saturated carbocycles. The summed E-state index contributed by atoms with van der Waals surface area (Å²) < 4.78 is 27.8. The number of aliphatic hydroxyl groups excluding tert-OH is 1. The van der Waals surface area contributed by atoms with E-state index in [2.05, 4.69) is 15.9 Å². The summed E-state index contributed by atoms with van der Waals surface area (Å²) in [6.07, 6.45) is -0.647. The Balaban J connectivity index is 1.90. The first-order valence-electron chi connectivity index (χ1n) is 7.86. The quantitative estimate of drug-likeness (QED) is 0.650. The molecule has 2 atom stereocenters. The highest BCUT2D eigenvalue weighted by Gasteiger charge is 2.34. The Morgan fingerprint density at radius 1 is 1.19 bits per heavy atom. The predicted molar refractivity (Wildman–Crippen MR) is 101 cm³/mol. The molecule has 0 bridgehead atoms. The number of halogens is 5. The Morgan fingerprint density at radius 3 is 2.46 bits per heavy atom. The highest BCUT2D eigenvalue weighted by atomic mass is 79.9. The van der Waals surface area contributed by atoms with E-state index < -0.39 is 23.7 Å². The van der Waals surface area contributed by atoms with Crippen molar-refractivity contribution in [2.45, 2.75) is 18.9 Å². The van der Waals surface area contributed by atoms with Crippen LogP contribution in [0.5, 0.6) is 0 Å². The summed E-state index contributed by atoms with van der Waals surface area (Å²) in [6.45, 7) is 0.123. The number of piperidine rings is 1. The van der Waals surface area contributed by atoms with Gasteiger partial charge < -0.3 is 10.0 Å². The van der Waals surface area contributed by atoms with Gasteiger partial charge in [0.15, 0.2) is 0 Å².